The quantitative estimate of drug-likeness (QED) is 0.143. The van der Waals surface area contributed by atoms with E-state index in [1.54, 1.807) is 0 Å². The molecule has 1 fully saturated rings. The van der Waals surface area contributed by atoms with Gasteiger partial charge in [0, 0.05) is 48.0 Å². The number of rotatable bonds is 9. The van der Waals surface area contributed by atoms with Gasteiger partial charge in [-0.15, -0.1) is 0 Å². The number of carbonyl (C=O) groups is 1. The summed E-state index contributed by atoms with van der Waals surface area (Å²) in [5.41, 5.74) is 3.73. The molecule has 3 aromatic carbocycles. The number of hydrogen-bond acceptors (Lipinski definition) is 7. The number of nitrogens with one attached hydrogen (secondary N) is 1. The molecule has 0 spiro atoms. The third-order valence-electron chi connectivity index (χ3n) is 6.34. The number of nitrogens with zero attached hydrogens (tertiary/aromatic N) is 4. The van der Waals surface area contributed by atoms with E-state index in [0.29, 0.717) is 5.16 Å². The van der Waals surface area contributed by atoms with Crippen molar-refractivity contribution in [1.29, 1.82) is 0 Å². The van der Waals surface area contributed by atoms with Crippen molar-refractivity contribution in [2.45, 2.75) is 24.9 Å². The van der Waals surface area contributed by atoms with Crippen LogP contribution in [-0.2, 0) is 17.4 Å². The summed E-state index contributed by atoms with van der Waals surface area (Å²) in [4.78, 5) is 13.0. The van der Waals surface area contributed by atoms with E-state index in [4.69, 9.17) is 17.4 Å². The van der Waals surface area contributed by atoms with E-state index in [-0.39, 0.29) is 37.9 Å². The van der Waals surface area contributed by atoms with Crippen molar-refractivity contribution in [3.63, 3.8) is 0 Å². The second-order valence-electron chi connectivity index (χ2n) is 8.89. The SMILES string of the molecule is Cc1n(-c2ccccc2)nc([S-])[n+]1-c1cccc(NCOc2cccc(N3[CH]C(CC(=O)[O-])CC3)c2)c1.[Li+]. The van der Waals surface area contributed by atoms with Crippen molar-refractivity contribution in [2.24, 2.45) is 5.92 Å². The van der Waals surface area contributed by atoms with E-state index in [1.165, 1.54) is 0 Å². The maximum absolute atomic E-state index is 10.9. The standard InChI is InChI=1S/C28H28N5O3S.Li/c1-20-32(28(37)30-33(20)23-8-3-2-4-9-23)25-11-5-7-22(16-25)29-19-36-26-12-6-10-24(17-26)31-14-13-21(18-31)15-27(34)35;/h2-12,16-18,21,29H,13-15,19H2,1H3,(H-,30,34,35,37);/q;+1/p-1. The van der Waals surface area contributed by atoms with E-state index in [0.717, 1.165) is 47.3 Å². The van der Waals surface area contributed by atoms with Crippen molar-refractivity contribution >= 4 is 30.0 Å². The number of para-hydroxylation sites is 1. The van der Waals surface area contributed by atoms with Gasteiger partial charge in [0.2, 0.25) is 5.82 Å². The first kappa shape index (κ1) is 27.5. The Hall–Kier alpha value is -3.51. The maximum atomic E-state index is 10.9. The van der Waals surface area contributed by atoms with Crippen LogP contribution in [0.25, 0.3) is 11.4 Å². The molecule has 0 aliphatic carbocycles. The van der Waals surface area contributed by atoms with Gasteiger partial charge in [-0.1, -0.05) is 35.0 Å². The second kappa shape index (κ2) is 12.4. The normalized spacial score (nSPS) is 14.7. The fourth-order valence-corrected chi connectivity index (χ4v) is 4.87. The Morgan fingerprint density at radius 1 is 1.11 bits per heavy atom. The smallest absolute Gasteiger partial charge is 0.702 e. The first-order valence-corrected chi connectivity index (χ1v) is 12.5. The molecule has 1 aliphatic heterocycles. The molecule has 10 heteroatoms. The molecule has 189 valence electrons. The van der Waals surface area contributed by atoms with Crippen LogP contribution in [0.1, 0.15) is 18.7 Å². The molecule has 1 aliphatic rings. The van der Waals surface area contributed by atoms with E-state index >= 15 is 0 Å². The van der Waals surface area contributed by atoms with Crippen molar-refractivity contribution < 1.29 is 38.1 Å². The van der Waals surface area contributed by atoms with Gasteiger partial charge in [0.05, 0.1) is 6.54 Å². The zero-order valence-corrected chi connectivity index (χ0v) is 22.2. The molecule has 5 rings (SSSR count). The third kappa shape index (κ3) is 6.30. The fourth-order valence-electron chi connectivity index (χ4n) is 4.55. The molecular weight excluding hydrogens is 493 g/mol. The first-order chi connectivity index (χ1) is 18.0. The van der Waals surface area contributed by atoms with E-state index in [2.05, 4.69) is 15.3 Å². The van der Waals surface area contributed by atoms with Crippen LogP contribution in [0.5, 0.6) is 5.75 Å². The van der Waals surface area contributed by atoms with Gasteiger partial charge in [0.25, 0.3) is 0 Å². The molecule has 0 bridgehead atoms. The number of carboxylic acids is 1. The van der Waals surface area contributed by atoms with Crippen LogP contribution in [0.4, 0.5) is 11.4 Å². The molecule has 1 N–H and O–H groups in total. The Bertz CT molecular complexity index is 1400. The predicted molar refractivity (Wildman–Crippen MR) is 140 cm³/mol. The van der Waals surface area contributed by atoms with Crippen LogP contribution in [0, 0.1) is 19.4 Å². The van der Waals surface area contributed by atoms with Gasteiger partial charge >= 0.3 is 18.9 Å². The average molecular weight is 521 g/mol. The predicted octanol–water partition coefficient (Wildman–Crippen LogP) is -0.0563. The summed E-state index contributed by atoms with van der Waals surface area (Å²) in [5.74, 6) is 0.611. The van der Waals surface area contributed by atoms with Crippen molar-refractivity contribution in [3.8, 4) is 17.1 Å². The minimum atomic E-state index is -1.02. The second-order valence-corrected chi connectivity index (χ2v) is 9.26. The molecule has 38 heavy (non-hydrogen) atoms. The van der Waals surface area contributed by atoms with Crippen molar-refractivity contribution in [2.75, 3.05) is 23.5 Å². The molecule has 2 heterocycles. The number of benzene rings is 3. The van der Waals surface area contributed by atoms with E-state index < -0.39 is 5.97 Å². The van der Waals surface area contributed by atoms with Gasteiger partial charge in [-0.2, -0.15) is 0 Å². The van der Waals surface area contributed by atoms with E-state index in [9.17, 15) is 9.90 Å². The van der Waals surface area contributed by atoms with Gasteiger partial charge in [0.1, 0.15) is 17.1 Å². The maximum Gasteiger partial charge on any atom is 1.00 e. The summed E-state index contributed by atoms with van der Waals surface area (Å²) >= 11 is 5.57. The van der Waals surface area contributed by atoms with Gasteiger partial charge in [-0.3, -0.25) is 0 Å². The number of carboxylic acid groups (broad SMARTS) is 1. The minimum Gasteiger partial charge on any atom is -0.702 e. The molecule has 4 aromatic rings. The average Bonchev–Trinajstić information content (AvgIpc) is 3.48. The number of ether oxygens (including phenoxy) is 1. The zero-order valence-electron chi connectivity index (χ0n) is 21.4. The third-order valence-corrected chi connectivity index (χ3v) is 6.60. The first-order valence-electron chi connectivity index (χ1n) is 12.1. The van der Waals surface area contributed by atoms with Gasteiger partial charge in [-0.25, -0.2) is 4.57 Å². The molecule has 1 unspecified atom stereocenters. The van der Waals surface area contributed by atoms with Crippen LogP contribution in [-0.4, -0.2) is 29.0 Å². The number of hydrogen-bond donors (Lipinski definition) is 1. The molecule has 1 saturated heterocycles. The van der Waals surface area contributed by atoms with Gasteiger partial charge < -0.3 is 37.5 Å². The Labute approximate surface area is 239 Å². The van der Waals surface area contributed by atoms with Crippen molar-refractivity contribution in [1.82, 2.24) is 9.78 Å². The molecule has 0 saturated carbocycles. The van der Waals surface area contributed by atoms with Gasteiger partial charge in [0.15, 0.2) is 11.9 Å². The molecule has 8 nitrogen and oxygen atoms in total. The summed E-state index contributed by atoms with van der Waals surface area (Å²) in [6.45, 7) is 5.00. The molecule has 1 aromatic heterocycles. The van der Waals surface area contributed by atoms with Crippen LogP contribution in [0.15, 0.2) is 84.0 Å². The Morgan fingerprint density at radius 2 is 1.87 bits per heavy atom. The Balaban J connectivity index is 0.00000336. The number of aromatic nitrogens is 3. The van der Waals surface area contributed by atoms with Crippen LogP contribution < -0.4 is 43.5 Å². The summed E-state index contributed by atoms with van der Waals surface area (Å²) in [7, 11) is 0. The fraction of sp³-hybridized carbons (Fsp3) is 0.214. The number of carbonyl (C=O) groups excluding carboxylic acids is 1. The Kier molecular flexibility index (Phi) is 8.95. The minimum absolute atomic E-state index is 0. The van der Waals surface area contributed by atoms with Crippen LogP contribution in [0.2, 0.25) is 0 Å². The summed E-state index contributed by atoms with van der Waals surface area (Å²) in [5, 5.41) is 19.2. The van der Waals surface area contributed by atoms with Crippen LogP contribution >= 0.6 is 0 Å². The van der Waals surface area contributed by atoms with Crippen molar-refractivity contribution in [3.05, 3.63) is 91.2 Å². The zero-order chi connectivity index (χ0) is 25.8. The topological polar surface area (TPSA) is 86.3 Å². The summed E-state index contributed by atoms with van der Waals surface area (Å²) in [6.07, 6.45) is 0.845. The molecule has 1 radical (unpaired) electrons. The van der Waals surface area contributed by atoms with Gasteiger partial charge in [-0.05, 0) is 55.2 Å². The number of aliphatic carboxylic acids is 1. The Morgan fingerprint density at radius 3 is 2.66 bits per heavy atom. The number of anilines is 2. The summed E-state index contributed by atoms with van der Waals surface area (Å²) < 4.78 is 9.74. The molecule has 0 amide bonds. The molecular formula is C28H27LiN5O3S. The molecule has 1 atom stereocenters. The monoisotopic (exact) mass is 520 g/mol. The largest absolute Gasteiger partial charge is 1.00 e. The van der Waals surface area contributed by atoms with E-state index in [1.807, 2.05) is 102 Å². The van der Waals surface area contributed by atoms with Crippen LogP contribution in [0.3, 0.4) is 0 Å². The summed E-state index contributed by atoms with van der Waals surface area (Å²) in [6, 6.07) is 25.6.